The molecule has 0 spiro atoms. The molecule has 59 heavy (non-hydrogen) atoms. The Labute approximate surface area is 357 Å². The first-order chi connectivity index (χ1) is 28.4. The third-order valence-electron chi connectivity index (χ3n) is 11.1. The summed E-state index contributed by atoms with van der Waals surface area (Å²) >= 11 is 0. The largest absolute Gasteiger partial charge is 0.509 e. The predicted molar refractivity (Wildman–Crippen MR) is 235 cm³/mol. The summed E-state index contributed by atoms with van der Waals surface area (Å²) in [6.45, 7) is 8.79. The molecule has 7 nitrogen and oxygen atoms in total. The molecule has 4 aromatic heterocycles. The maximum absolute atomic E-state index is 6.59. The molecule has 0 bridgehead atoms. The zero-order chi connectivity index (χ0) is 39.0. The van der Waals surface area contributed by atoms with E-state index in [0.717, 1.165) is 67.1 Å². The van der Waals surface area contributed by atoms with Gasteiger partial charge >= 0.3 is 0 Å². The third kappa shape index (κ3) is 6.07. The Kier molecular flexibility index (Phi) is 8.88. The topological polar surface area (TPSA) is 51.4 Å². The molecule has 0 saturated heterocycles. The summed E-state index contributed by atoms with van der Waals surface area (Å²) in [5, 5.41) is 4.57. The van der Waals surface area contributed by atoms with Crippen molar-refractivity contribution in [2.45, 2.75) is 26.2 Å². The van der Waals surface area contributed by atoms with Crippen molar-refractivity contribution in [1.29, 1.82) is 0 Å². The van der Waals surface area contributed by atoms with E-state index in [2.05, 4.69) is 185 Å². The number of benzene rings is 6. The Morgan fingerprint density at radius 1 is 0.576 bits per heavy atom. The molecule has 0 saturated carbocycles. The van der Waals surface area contributed by atoms with Gasteiger partial charge in [0.2, 0.25) is 0 Å². The fourth-order valence-electron chi connectivity index (χ4n) is 8.38. The van der Waals surface area contributed by atoms with Gasteiger partial charge in [-0.05, 0) is 71.0 Å². The summed E-state index contributed by atoms with van der Waals surface area (Å²) in [7, 11) is 0. The Balaban J connectivity index is 0.00000420. The van der Waals surface area contributed by atoms with Gasteiger partial charge in [0.1, 0.15) is 5.82 Å². The number of hydrogen-bond acceptors (Lipinski definition) is 5. The first kappa shape index (κ1) is 36.6. The maximum Gasteiger partial charge on any atom is 0.135 e. The summed E-state index contributed by atoms with van der Waals surface area (Å²) < 4.78 is 11.1. The predicted octanol–water partition coefficient (Wildman–Crippen LogP) is 12.8. The van der Waals surface area contributed by atoms with Crippen LogP contribution in [0.5, 0.6) is 11.5 Å². The normalized spacial score (nSPS) is 12.7. The van der Waals surface area contributed by atoms with Crippen LogP contribution in [0.3, 0.4) is 0 Å². The van der Waals surface area contributed by atoms with Crippen LogP contribution in [-0.4, -0.2) is 19.1 Å². The van der Waals surface area contributed by atoms with Gasteiger partial charge in [-0.15, -0.1) is 48.1 Å². The molecule has 0 unspecified atom stereocenters. The van der Waals surface area contributed by atoms with Crippen LogP contribution in [0.1, 0.15) is 26.3 Å². The molecule has 6 aromatic carbocycles. The number of hydrogen-bond donors (Lipinski definition) is 0. The summed E-state index contributed by atoms with van der Waals surface area (Å²) in [4.78, 5) is 13.8. The van der Waals surface area contributed by atoms with E-state index in [4.69, 9.17) is 9.72 Å². The van der Waals surface area contributed by atoms with Gasteiger partial charge in [0.05, 0.1) is 22.9 Å². The van der Waals surface area contributed by atoms with E-state index >= 15 is 0 Å². The van der Waals surface area contributed by atoms with Crippen LogP contribution in [0.2, 0.25) is 0 Å². The van der Waals surface area contributed by atoms with Crippen LogP contribution in [0.15, 0.2) is 164 Å². The van der Waals surface area contributed by atoms with Crippen molar-refractivity contribution >= 4 is 66.4 Å². The minimum Gasteiger partial charge on any atom is -0.509 e. The van der Waals surface area contributed by atoms with Crippen LogP contribution in [0.4, 0.5) is 22.7 Å². The van der Waals surface area contributed by atoms with Crippen molar-refractivity contribution in [2.75, 3.05) is 9.80 Å². The number of ether oxygens (including phenoxy) is 1. The van der Waals surface area contributed by atoms with E-state index in [-0.39, 0.29) is 26.5 Å². The summed E-state index contributed by atoms with van der Waals surface area (Å²) in [6.07, 6.45) is 5.66. The van der Waals surface area contributed by atoms with Crippen molar-refractivity contribution in [3.05, 3.63) is 189 Å². The van der Waals surface area contributed by atoms with Crippen LogP contribution >= 0.6 is 0 Å². The molecule has 11 rings (SSSR count). The maximum atomic E-state index is 6.59. The van der Waals surface area contributed by atoms with E-state index in [1.54, 1.807) is 0 Å². The molecule has 0 radical (unpaired) electrons. The molecule has 0 amide bonds. The van der Waals surface area contributed by atoms with E-state index in [9.17, 15) is 0 Å². The quantitative estimate of drug-likeness (QED) is 0.156. The minimum atomic E-state index is -0.0216. The van der Waals surface area contributed by atoms with Crippen molar-refractivity contribution in [2.24, 2.45) is 0 Å². The average Bonchev–Trinajstić information content (AvgIpc) is 3.92. The van der Waals surface area contributed by atoms with Gasteiger partial charge in [-0.2, -0.15) is 12.1 Å². The van der Waals surface area contributed by atoms with Crippen LogP contribution in [0, 0.1) is 18.8 Å². The van der Waals surface area contributed by atoms with Gasteiger partial charge in [-0.3, -0.25) is 4.98 Å². The number of fused-ring (bicyclic) bond motifs is 7. The number of aromatic nitrogens is 4. The van der Waals surface area contributed by atoms with Gasteiger partial charge in [0, 0.05) is 78.3 Å². The standard InChI is InChI=1S/C51H37N6O.Pt/c1-51(2,3)34-25-28-53-49(29-34)57-42-19-9-7-17-39(42)40-24-23-38(31-47(40)57)58-37-16-11-15-36(30-37)54-33-55(48-32-52-27-26-44(48)54)45-21-12-22-46-50(45)41-18-8-10-20-43(41)56(46)35-13-5-4-6-14-35;/h4-29,32-33H,1-3H3;/q-3;. The first-order valence-corrected chi connectivity index (χ1v) is 19.5. The Hall–Kier alpha value is -6.69. The molecule has 0 atom stereocenters. The molecule has 0 N–H and O–H groups in total. The van der Waals surface area contributed by atoms with Crippen molar-refractivity contribution < 1.29 is 25.8 Å². The molecule has 1 aliphatic heterocycles. The van der Waals surface area contributed by atoms with E-state index < -0.39 is 0 Å². The van der Waals surface area contributed by atoms with Gasteiger partial charge in [-0.1, -0.05) is 87.0 Å². The summed E-state index contributed by atoms with van der Waals surface area (Å²) in [5.74, 6) is 2.03. The second kappa shape index (κ2) is 14.3. The molecule has 290 valence electrons. The fraction of sp³-hybridized carbons (Fsp3) is 0.0784. The monoisotopic (exact) mass is 944 g/mol. The number of nitrogens with zero attached hydrogens (tertiary/aromatic N) is 6. The number of anilines is 4. The molecular weight excluding hydrogens is 908 g/mol. The first-order valence-electron chi connectivity index (χ1n) is 19.5. The van der Waals surface area contributed by atoms with Crippen LogP contribution in [-0.2, 0) is 26.5 Å². The minimum absolute atomic E-state index is 0. The Morgan fingerprint density at radius 3 is 2.14 bits per heavy atom. The molecular formula is C51H37N6OPt-3. The molecule has 8 heteroatoms. The smallest absolute Gasteiger partial charge is 0.135 e. The molecule has 10 aromatic rings. The Morgan fingerprint density at radius 2 is 1.31 bits per heavy atom. The molecule has 5 heterocycles. The zero-order valence-corrected chi connectivity index (χ0v) is 34.8. The van der Waals surface area contributed by atoms with Crippen LogP contribution < -0.4 is 14.5 Å². The van der Waals surface area contributed by atoms with E-state index in [1.165, 1.54) is 16.3 Å². The zero-order valence-electron chi connectivity index (χ0n) is 32.6. The molecule has 0 fully saturated rings. The number of para-hydroxylation sites is 3. The van der Waals surface area contributed by atoms with Crippen LogP contribution in [0.25, 0.3) is 55.1 Å². The van der Waals surface area contributed by atoms with E-state index in [1.807, 2.05) is 42.9 Å². The summed E-state index contributed by atoms with van der Waals surface area (Å²) in [6, 6.07) is 57.7. The number of pyridine rings is 2. The van der Waals surface area contributed by atoms with Gasteiger partial charge in [-0.25, -0.2) is 4.98 Å². The van der Waals surface area contributed by atoms with Gasteiger partial charge < -0.3 is 23.7 Å². The SMILES string of the molecule is CC(C)(C)c1ccnc(-n2c3[c-]c(Oc4[c-]c(N5[CH-]N(c6cccc7c6c6ccccc6n7-c6ccccc6)c6cnccc65)ccc4)ccc3c3ccccc32)c1.[Pt]. The van der Waals surface area contributed by atoms with Crippen molar-refractivity contribution in [3.63, 3.8) is 0 Å². The van der Waals surface area contributed by atoms with Gasteiger partial charge in [0.15, 0.2) is 0 Å². The fourth-order valence-corrected chi connectivity index (χ4v) is 8.38. The molecule has 0 aliphatic carbocycles. The third-order valence-corrected chi connectivity index (χ3v) is 11.1. The van der Waals surface area contributed by atoms with Crippen molar-refractivity contribution in [3.8, 4) is 23.0 Å². The number of rotatable bonds is 6. The molecule has 1 aliphatic rings. The average molecular weight is 945 g/mol. The Bertz CT molecular complexity index is 3200. The van der Waals surface area contributed by atoms with E-state index in [0.29, 0.717) is 11.5 Å². The van der Waals surface area contributed by atoms with Gasteiger partial charge in [0.25, 0.3) is 0 Å². The second-order valence-corrected chi connectivity index (χ2v) is 15.7. The second-order valence-electron chi connectivity index (χ2n) is 15.7. The van der Waals surface area contributed by atoms with Crippen molar-refractivity contribution in [1.82, 2.24) is 19.1 Å². The summed E-state index contributed by atoms with van der Waals surface area (Å²) in [5.41, 5.74) is 10.4.